The third kappa shape index (κ3) is 16.2. The second-order valence-electron chi connectivity index (χ2n) is 38.2. The Balaban J connectivity index is 0.000000169. The predicted octanol–water partition coefficient (Wildman–Crippen LogP) is 15.6. The molecule has 10 aliphatic rings. The van der Waals surface area contributed by atoms with Crippen LogP contribution in [-0.2, 0) is 53.2 Å². The first-order valence-electron chi connectivity index (χ1n) is 41.9. The van der Waals surface area contributed by atoms with Crippen molar-refractivity contribution < 1.29 is 48.7 Å². The van der Waals surface area contributed by atoms with Gasteiger partial charge in [0.2, 0.25) is 0 Å². The zero-order valence-corrected chi connectivity index (χ0v) is 70.9. The van der Waals surface area contributed by atoms with Gasteiger partial charge in [-0.05, 0) is 253 Å². The van der Waals surface area contributed by atoms with Crippen LogP contribution in [0, 0.1) is 46.3 Å². The third-order valence-electron chi connectivity index (χ3n) is 26.4. The standard InChI is InChI=1S/C46H55N7O6S.C46H55N7O4S/c1-29-34(19-48-53(29)28-45-23-43(2)22-44(3,24-45)26-46(25-43,27-45)59-18-16-47-15-13-31(55)21-54)32-11-12-38(50-39(32)41(57)58)52-17-14-30-7-6-8-33(35(30)20-52)40(56)51-42-49-36-9-4-5-10-37(36)60-42;1-29-33(20-48-53(29)28-45-23-43(5)22-44(6,24-45)26-46(25-43,27-45)56-19-17-47)31-14-15-37(50-38(31)40(55)57-42(2,3)4)52-18-16-30-10-9-11-32(34(30)21-52)39(54)51-41-49-35-12-7-8-13-36(35)58-41/h4-12,19,31,47,54-55H,13-18,20-28H2,1-3H3,(H,57,58)(H,49,51,56);7-15,20H,16-19,21-28,47H2,1-6H3,(H,49,51,54)/t31-,43?,44?,45?,46?;/m0./s1. The first kappa shape index (κ1) is 81.0. The van der Waals surface area contributed by atoms with Crippen molar-refractivity contribution in [2.24, 2.45) is 38.2 Å². The molecule has 5 atom stereocenters. The summed E-state index contributed by atoms with van der Waals surface area (Å²) in [6.07, 6.45) is 18.1. The van der Waals surface area contributed by atoms with Crippen LogP contribution in [0.5, 0.6) is 0 Å². The van der Waals surface area contributed by atoms with E-state index in [0.717, 1.165) is 149 Å². The van der Waals surface area contributed by atoms with Gasteiger partial charge < -0.3 is 50.4 Å². The average molecular weight is 1640 g/mol. The second-order valence-corrected chi connectivity index (χ2v) is 40.3. The van der Waals surface area contributed by atoms with E-state index in [0.29, 0.717) is 116 Å². The molecule has 0 spiro atoms. The largest absolute Gasteiger partial charge is 0.476 e. The number of carboxylic acid groups (broad SMARTS) is 1. The summed E-state index contributed by atoms with van der Waals surface area (Å²) >= 11 is 2.90. The number of anilines is 4. The van der Waals surface area contributed by atoms with Crippen molar-refractivity contribution in [1.29, 1.82) is 0 Å². The summed E-state index contributed by atoms with van der Waals surface area (Å²) < 4.78 is 25.8. The Bertz CT molecular complexity index is 5440. The summed E-state index contributed by atoms with van der Waals surface area (Å²) in [5, 5.41) is 49.8. The summed E-state index contributed by atoms with van der Waals surface area (Å²) in [4.78, 5) is 77.6. The van der Waals surface area contributed by atoms with Gasteiger partial charge in [0, 0.05) is 97.1 Å². The van der Waals surface area contributed by atoms with Crippen molar-refractivity contribution in [2.45, 2.75) is 208 Å². The molecule has 4 unspecified atom stereocenters. The maximum atomic E-state index is 14.1. The number of fused-ring (bicyclic) bond motifs is 4. The number of thiazole rings is 2. The summed E-state index contributed by atoms with van der Waals surface area (Å²) in [7, 11) is 0. The van der Waals surface area contributed by atoms with Gasteiger partial charge in [-0.25, -0.2) is 29.5 Å². The number of carbonyl (C=O) groups excluding carboxylic acids is 3. The smallest absolute Gasteiger partial charge is 0.358 e. The normalized spacial score (nSPS) is 26.1. The molecule has 24 nitrogen and oxygen atoms in total. The van der Waals surface area contributed by atoms with E-state index in [1.54, 1.807) is 6.20 Å². The Labute approximate surface area is 697 Å². The van der Waals surface area contributed by atoms with E-state index in [2.05, 4.69) is 80.9 Å². The number of ether oxygens (including phenoxy) is 3. The number of nitrogens with one attached hydrogen (secondary N) is 3. The SMILES string of the molecule is Cc1c(-c2ccc(N3CCc4cccc(C(=O)Nc5nc6ccccc6s5)c4C3)nc2C(=O)O)cnn1CC12CC3(C)CC(C)(C1)CC(OCCNCC[C@H](O)CO)(C3)C2.Cc1c(-c2ccc(N3CCc4cccc(C(=O)Nc5nc6ccccc6s5)c4C3)nc2C(=O)OC(C)(C)C)cnn1CC12CC3(C)CC(C)(C1)CC(OCCN)(C3)C2. The van der Waals surface area contributed by atoms with E-state index in [1.807, 2.05) is 142 Å². The van der Waals surface area contributed by atoms with Crippen LogP contribution in [0.15, 0.2) is 122 Å². The van der Waals surface area contributed by atoms with E-state index >= 15 is 0 Å². The zero-order chi connectivity index (χ0) is 82.5. The first-order chi connectivity index (χ1) is 56.3. The van der Waals surface area contributed by atoms with Gasteiger partial charge in [0.15, 0.2) is 21.7 Å². The summed E-state index contributed by atoms with van der Waals surface area (Å²) in [5.74, 6) is -0.808. The molecule has 8 aliphatic carbocycles. The highest BCUT2D eigenvalue weighted by Gasteiger charge is 2.68. The molecular formula is C92H110N14O10S2. The number of carbonyl (C=O) groups is 4. The molecule has 0 saturated heterocycles. The average Bonchev–Trinajstić information content (AvgIpc) is 0.836. The van der Waals surface area contributed by atoms with E-state index in [-0.39, 0.29) is 73.5 Å². The number of aliphatic hydroxyl groups excluding tert-OH is 2. The monoisotopic (exact) mass is 1630 g/mol. The number of hydrogen-bond acceptors (Lipinski definition) is 21. The molecule has 8 heterocycles. The van der Waals surface area contributed by atoms with Gasteiger partial charge >= 0.3 is 11.9 Å². The molecular weight excluding hydrogens is 1530 g/mol. The topological polar surface area (TPSA) is 312 Å². The van der Waals surface area contributed by atoms with Crippen LogP contribution in [0.25, 0.3) is 42.7 Å². The van der Waals surface area contributed by atoms with Crippen molar-refractivity contribution >= 4 is 88.8 Å². The number of aromatic nitrogens is 8. The molecule has 4 aromatic carbocycles. The molecule has 2 amide bonds. The van der Waals surface area contributed by atoms with E-state index in [9.17, 15) is 29.4 Å². The predicted molar refractivity (Wildman–Crippen MR) is 460 cm³/mol. The molecule has 8 bridgehead atoms. The lowest BCUT2D eigenvalue weighted by molar-refractivity contribution is -0.248. The molecule has 118 heavy (non-hydrogen) atoms. The molecule has 10 aromatic rings. The fourth-order valence-corrected chi connectivity index (χ4v) is 26.0. The van der Waals surface area contributed by atoms with Crippen LogP contribution in [-0.4, -0.2) is 154 Å². The number of rotatable bonds is 25. The fraction of sp³-hybridized carbons (Fsp3) is 0.500. The Morgan fingerprint density at radius 3 is 1.46 bits per heavy atom. The number of carboxylic acids is 1. The Morgan fingerprint density at radius 1 is 0.551 bits per heavy atom. The third-order valence-corrected chi connectivity index (χ3v) is 28.3. The van der Waals surface area contributed by atoms with Crippen molar-refractivity contribution in [3.63, 3.8) is 0 Å². The summed E-state index contributed by atoms with van der Waals surface area (Å²) in [6, 6.07) is 35.0. The fourth-order valence-electron chi connectivity index (χ4n) is 24.3. The Hall–Kier alpha value is -9.38. The Morgan fingerprint density at radius 2 is 1.01 bits per heavy atom. The molecule has 0 radical (unpaired) electrons. The number of nitrogens with two attached hydrogens (primary N) is 1. The number of esters is 1. The molecule has 2 aliphatic heterocycles. The second kappa shape index (κ2) is 31.0. The molecule has 8 saturated carbocycles. The summed E-state index contributed by atoms with van der Waals surface area (Å²) in [5.41, 5.74) is 17.6. The van der Waals surface area contributed by atoms with Crippen LogP contribution >= 0.6 is 22.7 Å². The number of para-hydroxylation sites is 2. The van der Waals surface area contributed by atoms with Crippen LogP contribution < -0.4 is 31.5 Å². The number of amides is 2. The maximum Gasteiger partial charge on any atom is 0.358 e. The van der Waals surface area contributed by atoms with Crippen molar-refractivity contribution in [3.05, 3.63) is 178 Å². The highest BCUT2D eigenvalue weighted by molar-refractivity contribution is 7.22. The molecule has 620 valence electrons. The minimum atomic E-state index is -1.10. The van der Waals surface area contributed by atoms with Gasteiger partial charge in [-0.15, -0.1) is 0 Å². The van der Waals surface area contributed by atoms with Gasteiger partial charge in [-0.3, -0.25) is 29.6 Å². The van der Waals surface area contributed by atoms with Gasteiger partial charge in [-0.2, -0.15) is 10.2 Å². The minimum Gasteiger partial charge on any atom is -0.476 e. The number of benzene rings is 4. The van der Waals surface area contributed by atoms with Crippen molar-refractivity contribution in [2.75, 3.05) is 73.0 Å². The van der Waals surface area contributed by atoms with Crippen molar-refractivity contribution in [1.82, 2.24) is 44.8 Å². The number of pyridine rings is 2. The lowest BCUT2D eigenvalue weighted by atomic mass is 9.39. The zero-order valence-electron chi connectivity index (χ0n) is 69.3. The maximum absolute atomic E-state index is 14.1. The quantitative estimate of drug-likeness (QED) is 0.0206. The van der Waals surface area contributed by atoms with Gasteiger partial charge in [-0.1, -0.05) is 98.9 Å². The molecule has 6 aromatic heterocycles. The van der Waals surface area contributed by atoms with E-state index in [1.165, 1.54) is 35.5 Å². The molecule has 8 fully saturated rings. The van der Waals surface area contributed by atoms with Crippen LogP contribution in [0.2, 0.25) is 0 Å². The lowest BCUT2D eigenvalue weighted by Gasteiger charge is -2.69. The Kier molecular flexibility index (Phi) is 21.3. The van der Waals surface area contributed by atoms with E-state index < -0.39 is 23.6 Å². The highest BCUT2D eigenvalue weighted by Crippen LogP contribution is 2.74. The van der Waals surface area contributed by atoms with E-state index in [4.69, 9.17) is 45.2 Å². The lowest BCUT2D eigenvalue weighted by Crippen LogP contribution is -2.64. The van der Waals surface area contributed by atoms with Crippen molar-refractivity contribution in [3.8, 4) is 22.3 Å². The van der Waals surface area contributed by atoms with Crippen LogP contribution in [0.3, 0.4) is 0 Å². The summed E-state index contributed by atoms with van der Waals surface area (Å²) in [6.45, 7) is 26.1. The van der Waals surface area contributed by atoms with Gasteiger partial charge in [0.25, 0.3) is 11.8 Å². The van der Waals surface area contributed by atoms with Gasteiger partial charge in [0.1, 0.15) is 17.2 Å². The van der Waals surface area contributed by atoms with Crippen LogP contribution in [0.1, 0.15) is 207 Å². The molecule has 26 heteroatoms. The number of aromatic carboxylic acids is 1. The van der Waals surface area contributed by atoms with Crippen LogP contribution in [0.4, 0.5) is 21.9 Å². The molecule has 8 N–H and O–H groups in total. The number of nitrogens with zero attached hydrogens (tertiary/aromatic N) is 10. The number of hydrogen-bond donors (Lipinski definition) is 7. The number of aliphatic hydroxyl groups is 2. The first-order valence-corrected chi connectivity index (χ1v) is 43.5. The van der Waals surface area contributed by atoms with Gasteiger partial charge in [0.05, 0.1) is 70.0 Å². The molecule has 20 rings (SSSR count). The minimum absolute atomic E-state index is 0.00258. The highest BCUT2D eigenvalue weighted by atomic mass is 32.1.